The number of aliphatic carboxylic acids is 1. The molecule has 0 saturated carbocycles. The van der Waals surface area contributed by atoms with Gasteiger partial charge in [-0.15, -0.1) is 0 Å². The molecule has 0 aromatic rings. The van der Waals surface area contributed by atoms with Gasteiger partial charge in [-0.3, -0.25) is 9.59 Å². The van der Waals surface area contributed by atoms with Crippen molar-refractivity contribution in [3.8, 4) is 0 Å². The predicted molar refractivity (Wildman–Crippen MR) is 52.3 cm³/mol. The Kier molecular flexibility index (Phi) is 11.9. The normalized spacial score (nSPS) is 10.9. The van der Waals surface area contributed by atoms with Crippen molar-refractivity contribution in [1.82, 2.24) is 0 Å². The molecule has 0 bridgehead atoms. The molecule has 0 saturated heterocycles. The molecule has 0 aliphatic rings. The Hall–Kier alpha value is -1.14. The van der Waals surface area contributed by atoms with Gasteiger partial charge >= 0.3 is 11.9 Å². The lowest BCUT2D eigenvalue weighted by Crippen LogP contribution is -2.21. The van der Waals surface area contributed by atoms with E-state index in [4.69, 9.17) is 15.3 Å². The molecule has 0 heterocycles. The van der Waals surface area contributed by atoms with Crippen LogP contribution in [-0.4, -0.2) is 46.6 Å². The second-order valence-corrected chi connectivity index (χ2v) is 2.62. The van der Waals surface area contributed by atoms with Crippen molar-refractivity contribution in [3.63, 3.8) is 0 Å². The van der Waals surface area contributed by atoms with E-state index >= 15 is 0 Å². The van der Waals surface area contributed by atoms with Crippen LogP contribution in [0.2, 0.25) is 0 Å². The van der Waals surface area contributed by atoms with Gasteiger partial charge in [-0.1, -0.05) is 13.8 Å². The molecule has 90 valence electrons. The van der Waals surface area contributed by atoms with Gasteiger partial charge in [-0.2, -0.15) is 0 Å². The van der Waals surface area contributed by atoms with Crippen molar-refractivity contribution in [1.29, 1.82) is 0 Å². The van der Waals surface area contributed by atoms with Crippen LogP contribution in [0.1, 0.15) is 26.7 Å². The number of carbonyl (C=O) groups excluding carboxylic acids is 1. The molecule has 0 radical (unpaired) electrons. The summed E-state index contributed by atoms with van der Waals surface area (Å²) < 4.78 is 4.49. The molecule has 0 aliphatic carbocycles. The molecule has 0 spiro atoms. The lowest BCUT2D eigenvalue weighted by atomic mass is 10.4. The zero-order valence-electron chi connectivity index (χ0n) is 8.97. The molecule has 15 heavy (non-hydrogen) atoms. The third-order valence-electron chi connectivity index (χ3n) is 1.24. The number of carboxylic acid groups (broad SMARTS) is 1. The van der Waals surface area contributed by atoms with Gasteiger partial charge in [0.25, 0.3) is 0 Å². The van der Waals surface area contributed by atoms with Crippen LogP contribution in [0.25, 0.3) is 0 Å². The third-order valence-corrected chi connectivity index (χ3v) is 1.24. The molecular formula is C9H18O6. The largest absolute Gasteiger partial charge is 0.481 e. The maximum atomic E-state index is 10.4. The number of hydrogen-bond acceptors (Lipinski definition) is 5. The van der Waals surface area contributed by atoms with E-state index in [1.54, 1.807) is 13.8 Å². The molecule has 0 aliphatic heterocycles. The number of carboxylic acids is 1. The first-order chi connectivity index (χ1) is 6.97. The number of esters is 1. The number of ether oxygens (including phenoxy) is 1. The highest BCUT2D eigenvalue weighted by Gasteiger charge is 2.04. The Morgan fingerprint density at radius 1 is 1.27 bits per heavy atom. The maximum Gasteiger partial charge on any atom is 0.305 e. The van der Waals surface area contributed by atoms with Crippen LogP contribution in [0.3, 0.4) is 0 Å². The minimum absolute atomic E-state index is 0.122. The number of aliphatic hydroxyl groups is 2. The molecule has 0 fully saturated rings. The molecule has 0 aromatic heterocycles. The van der Waals surface area contributed by atoms with Crippen molar-refractivity contribution in [2.75, 3.05) is 13.2 Å². The first-order valence-electron chi connectivity index (χ1n) is 4.64. The van der Waals surface area contributed by atoms with Crippen molar-refractivity contribution in [2.24, 2.45) is 0 Å². The number of aliphatic hydroxyl groups excluding tert-OH is 2. The zero-order chi connectivity index (χ0) is 12.3. The zero-order valence-corrected chi connectivity index (χ0v) is 8.97. The van der Waals surface area contributed by atoms with Crippen molar-refractivity contribution < 1.29 is 29.6 Å². The topological polar surface area (TPSA) is 104 Å². The molecule has 1 atom stereocenters. The van der Waals surface area contributed by atoms with Crippen LogP contribution < -0.4 is 0 Å². The van der Waals surface area contributed by atoms with Crippen molar-refractivity contribution >= 4 is 11.9 Å². The van der Waals surface area contributed by atoms with Crippen LogP contribution >= 0.6 is 0 Å². The number of rotatable bonds is 5. The smallest absolute Gasteiger partial charge is 0.305 e. The summed E-state index contributed by atoms with van der Waals surface area (Å²) in [5.41, 5.74) is 0. The van der Waals surface area contributed by atoms with Crippen LogP contribution in [0, 0.1) is 0 Å². The Morgan fingerprint density at radius 2 is 1.73 bits per heavy atom. The van der Waals surface area contributed by atoms with E-state index in [1.165, 1.54) is 0 Å². The minimum atomic E-state index is -0.949. The monoisotopic (exact) mass is 222 g/mol. The number of hydrogen-bond donors (Lipinski definition) is 3. The Balaban J connectivity index is 0. The average Bonchev–Trinajstić information content (AvgIpc) is 2.25. The fourth-order valence-electron chi connectivity index (χ4n) is 0.344. The summed E-state index contributed by atoms with van der Waals surface area (Å²) in [5, 5.41) is 24.7. The Bertz CT molecular complexity index is 179. The quantitative estimate of drug-likeness (QED) is 0.555. The van der Waals surface area contributed by atoms with Gasteiger partial charge in [0.05, 0.1) is 6.61 Å². The summed E-state index contributed by atoms with van der Waals surface area (Å²) in [6.07, 6.45) is -0.437. The van der Waals surface area contributed by atoms with E-state index in [9.17, 15) is 9.59 Å². The van der Waals surface area contributed by atoms with Crippen molar-refractivity contribution in [2.45, 2.75) is 32.8 Å². The van der Waals surface area contributed by atoms with Crippen LogP contribution in [-0.2, 0) is 14.3 Å². The van der Waals surface area contributed by atoms with Crippen LogP contribution in [0.15, 0.2) is 0 Å². The highest BCUT2D eigenvalue weighted by Crippen LogP contribution is 1.87. The van der Waals surface area contributed by atoms with Gasteiger partial charge in [0.1, 0.15) is 12.7 Å². The molecule has 6 heteroatoms. The minimum Gasteiger partial charge on any atom is -0.481 e. The molecule has 0 amide bonds. The summed E-state index contributed by atoms with van der Waals surface area (Å²) in [5.74, 6) is -1.11. The molecule has 1 unspecified atom stereocenters. The summed E-state index contributed by atoms with van der Waals surface area (Å²) in [6, 6.07) is 0. The summed E-state index contributed by atoms with van der Waals surface area (Å²) >= 11 is 0. The highest BCUT2D eigenvalue weighted by molar-refractivity contribution is 5.68. The van der Waals surface area contributed by atoms with Gasteiger partial charge < -0.3 is 20.1 Å². The molecule has 3 N–H and O–H groups in total. The molecule has 6 nitrogen and oxygen atoms in total. The Labute approximate surface area is 88.5 Å². The fourth-order valence-corrected chi connectivity index (χ4v) is 0.344. The summed E-state index contributed by atoms with van der Waals surface area (Å²) in [4.78, 5) is 19.8. The van der Waals surface area contributed by atoms with Gasteiger partial charge in [0.2, 0.25) is 0 Å². The molecule has 0 aromatic carbocycles. The van der Waals surface area contributed by atoms with Gasteiger partial charge in [-0.05, 0) is 0 Å². The maximum absolute atomic E-state index is 10.4. The van der Waals surface area contributed by atoms with Crippen LogP contribution in [0.4, 0.5) is 0 Å². The van der Waals surface area contributed by atoms with E-state index in [0.717, 1.165) is 0 Å². The predicted octanol–water partition coefficient (Wildman–Crippen LogP) is -0.226. The Morgan fingerprint density at radius 3 is 2.00 bits per heavy atom. The first-order valence-corrected chi connectivity index (χ1v) is 4.64. The molecular weight excluding hydrogens is 204 g/mol. The second-order valence-electron chi connectivity index (χ2n) is 2.62. The molecule has 0 rings (SSSR count). The third kappa shape index (κ3) is 15.6. The lowest BCUT2D eigenvalue weighted by molar-refractivity contribution is -0.146. The highest BCUT2D eigenvalue weighted by atomic mass is 16.5. The number of carbonyl (C=O) groups is 2. The summed E-state index contributed by atoms with van der Waals surface area (Å²) in [7, 11) is 0. The van der Waals surface area contributed by atoms with E-state index in [-0.39, 0.29) is 32.0 Å². The van der Waals surface area contributed by atoms with Gasteiger partial charge in [0, 0.05) is 12.8 Å². The first kappa shape index (κ1) is 16.3. The standard InChI is InChI=1S/C6H12O4.C3H6O2/c1-2-6(9)10-4-5(8)3-7;1-2-3(4)5/h5,7-8H,2-4H2,1H3;2H2,1H3,(H,4,5). The van der Waals surface area contributed by atoms with E-state index in [0.29, 0.717) is 0 Å². The van der Waals surface area contributed by atoms with E-state index < -0.39 is 12.1 Å². The van der Waals surface area contributed by atoms with E-state index in [1.807, 2.05) is 0 Å². The second kappa shape index (κ2) is 10.9. The summed E-state index contributed by atoms with van der Waals surface area (Å²) in [6.45, 7) is 2.76. The average molecular weight is 222 g/mol. The van der Waals surface area contributed by atoms with Gasteiger partial charge in [0.15, 0.2) is 0 Å². The fraction of sp³-hybridized carbons (Fsp3) is 0.778. The van der Waals surface area contributed by atoms with Crippen LogP contribution in [0.5, 0.6) is 0 Å². The lowest BCUT2D eigenvalue weighted by Gasteiger charge is -2.06. The SMILES string of the molecule is CCC(=O)O.CCC(=O)OCC(O)CO. The van der Waals surface area contributed by atoms with Crippen molar-refractivity contribution in [3.05, 3.63) is 0 Å². The van der Waals surface area contributed by atoms with E-state index in [2.05, 4.69) is 4.74 Å². The van der Waals surface area contributed by atoms with Gasteiger partial charge in [-0.25, -0.2) is 0 Å².